The second-order valence-corrected chi connectivity index (χ2v) is 10.3. The first-order valence-corrected chi connectivity index (χ1v) is 11.4. The minimum Gasteiger partial charge on any atom is -0.338 e. The van der Waals surface area contributed by atoms with Gasteiger partial charge in [0.15, 0.2) is 5.65 Å². The molecule has 2 aromatic heterocycles. The molecule has 0 amide bonds. The van der Waals surface area contributed by atoms with Gasteiger partial charge in [0.25, 0.3) is 0 Å². The van der Waals surface area contributed by atoms with E-state index in [0.717, 1.165) is 11.3 Å². The first kappa shape index (κ1) is 20.1. The molecule has 3 heterocycles. The van der Waals surface area contributed by atoms with Gasteiger partial charge in [-0.1, -0.05) is 23.7 Å². The maximum absolute atomic E-state index is 12.4. The van der Waals surface area contributed by atoms with E-state index < -0.39 is 15.3 Å². The molecule has 0 spiro atoms. The zero-order chi connectivity index (χ0) is 20.8. The highest BCUT2D eigenvalue weighted by Crippen LogP contribution is 2.24. The zero-order valence-electron chi connectivity index (χ0n) is 16.6. The van der Waals surface area contributed by atoms with Gasteiger partial charge in [0.05, 0.1) is 10.9 Å². The normalized spacial score (nSPS) is 16.1. The van der Waals surface area contributed by atoms with Gasteiger partial charge in [-0.2, -0.15) is 18.9 Å². The van der Waals surface area contributed by atoms with Crippen LogP contribution in [0.4, 0.5) is 5.95 Å². The summed E-state index contributed by atoms with van der Waals surface area (Å²) in [6, 6.07) is 9.40. The van der Waals surface area contributed by atoms with Crippen LogP contribution in [0.5, 0.6) is 0 Å². The molecule has 1 aliphatic rings. The van der Waals surface area contributed by atoms with Gasteiger partial charge in [0.2, 0.25) is 16.0 Å². The number of nitrogens with zero attached hydrogens (tertiary/aromatic N) is 6. The Kier molecular flexibility index (Phi) is 5.22. The van der Waals surface area contributed by atoms with Crippen LogP contribution in [0.2, 0.25) is 5.02 Å². The van der Waals surface area contributed by atoms with Crippen LogP contribution < -0.4 is 4.90 Å². The van der Waals surface area contributed by atoms with Crippen molar-refractivity contribution in [2.75, 3.05) is 31.1 Å². The van der Waals surface area contributed by atoms with Crippen LogP contribution in [0.15, 0.2) is 30.3 Å². The SMILES string of the molecule is Cc1nc(N2CCN(S(=O)(=O)C(C)C)CC2)n2nc(-c3ccc(Cl)cc3)cc2n1. The highest BCUT2D eigenvalue weighted by atomic mass is 35.5. The summed E-state index contributed by atoms with van der Waals surface area (Å²) in [7, 11) is -3.25. The van der Waals surface area contributed by atoms with Crippen LogP contribution in [0.3, 0.4) is 0 Å². The number of hydrogen-bond acceptors (Lipinski definition) is 6. The standard InChI is InChI=1S/C19H23ClN6O2S/c1-13(2)29(27,28)25-10-8-24(9-11-25)19-22-14(3)21-18-12-17(23-26(18)19)15-4-6-16(20)7-5-15/h4-7,12-13H,8-11H2,1-3H3. The predicted octanol–water partition coefficient (Wildman–Crippen LogP) is 2.61. The molecule has 4 rings (SSSR count). The van der Waals surface area contributed by atoms with Crippen molar-refractivity contribution in [2.24, 2.45) is 0 Å². The van der Waals surface area contributed by atoms with Gasteiger partial charge in [0, 0.05) is 42.8 Å². The van der Waals surface area contributed by atoms with Crippen molar-refractivity contribution in [2.45, 2.75) is 26.0 Å². The van der Waals surface area contributed by atoms with E-state index in [2.05, 4.69) is 14.9 Å². The summed E-state index contributed by atoms with van der Waals surface area (Å²) < 4.78 is 28.2. The molecule has 0 N–H and O–H groups in total. The van der Waals surface area contributed by atoms with Crippen molar-refractivity contribution in [3.8, 4) is 11.3 Å². The molecular weight excluding hydrogens is 412 g/mol. The zero-order valence-corrected chi connectivity index (χ0v) is 18.2. The number of aromatic nitrogens is 4. The Hall–Kier alpha value is -2.23. The van der Waals surface area contributed by atoms with Gasteiger partial charge in [-0.25, -0.2) is 13.4 Å². The maximum atomic E-state index is 12.4. The Bertz CT molecular complexity index is 1140. The summed E-state index contributed by atoms with van der Waals surface area (Å²) in [4.78, 5) is 11.2. The van der Waals surface area contributed by atoms with Crippen LogP contribution in [-0.4, -0.2) is 63.7 Å². The first-order valence-electron chi connectivity index (χ1n) is 9.50. The molecule has 0 unspecified atom stereocenters. The Morgan fingerprint density at radius 2 is 1.69 bits per heavy atom. The minimum absolute atomic E-state index is 0.421. The van der Waals surface area contributed by atoms with E-state index >= 15 is 0 Å². The molecule has 1 saturated heterocycles. The molecule has 0 aliphatic carbocycles. The van der Waals surface area contributed by atoms with Crippen LogP contribution in [0.25, 0.3) is 16.9 Å². The number of rotatable bonds is 4. The van der Waals surface area contributed by atoms with Crippen molar-refractivity contribution in [3.05, 3.63) is 41.2 Å². The van der Waals surface area contributed by atoms with Crippen molar-refractivity contribution in [1.29, 1.82) is 0 Å². The molecule has 10 heteroatoms. The van der Waals surface area contributed by atoms with Gasteiger partial charge in [0.1, 0.15) is 5.82 Å². The minimum atomic E-state index is -3.25. The molecule has 1 aliphatic heterocycles. The highest BCUT2D eigenvalue weighted by molar-refractivity contribution is 7.89. The average molecular weight is 435 g/mol. The number of sulfonamides is 1. The van der Waals surface area contributed by atoms with Crippen molar-refractivity contribution in [1.82, 2.24) is 23.9 Å². The van der Waals surface area contributed by atoms with E-state index in [1.807, 2.05) is 37.3 Å². The third-order valence-corrected chi connectivity index (χ3v) is 7.56. The fraction of sp³-hybridized carbons (Fsp3) is 0.421. The number of aryl methyl sites for hydroxylation is 1. The van der Waals surface area contributed by atoms with Gasteiger partial charge >= 0.3 is 0 Å². The maximum Gasteiger partial charge on any atom is 0.230 e. The molecule has 0 bridgehead atoms. The molecule has 0 atom stereocenters. The number of fused-ring (bicyclic) bond motifs is 1. The average Bonchev–Trinajstić information content (AvgIpc) is 3.11. The summed E-state index contributed by atoms with van der Waals surface area (Å²) in [5.74, 6) is 1.32. The van der Waals surface area contributed by atoms with Gasteiger partial charge in [-0.3, -0.25) is 0 Å². The molecule has 0 saturated carbocycles. The number of hydrogen-bond donors (Lipinski definition) is 0. The monoisotopic (exact) mass is 434 g/mol. The largest absolute Gasteiger partial charge is 0.338 e. The molecule has 1 aromatic carbocycles. The van der Waals surface area contributed by atoms with Gasteiger partial charge in [-0.05, 0) is 32.9 Å². The predicted molar refractivity (Wildman–Crippen MR) is 114 cm³/mol. The third-order valence-electron chi connectivity index (χ3n) is 5.04. The number of halogens is 1. The van der Waals surface area contributed by atoms with Gasteiger partial charge in [-0.15, -0.1) is 0 Å². The lowest BCUT2D eigenvalue weighted by Gasteiger charge is -2.35. The Morgan fingerprint density at radius 1 is 1.03 bits per heavy atom. The molecule has 3 aromatic rings. The van der Waals surface area contributed by atoms with Crippen molar-refractivity contribution < 1.29 is 8.42 Å². The lowest BCUT2D eigenvalue weighted by Crippen LogP contribution is -2.51. The summed E-state index contributed by atoms with van der Waals surface area (Å²) in [6.07, 6.45) is 0. The fourth-order valence-corrected chi connectivity index (χ4v) is 4.78. The summed E-state index contributed by atoms with van der Waals surface area (Å²) in [5.41, 5.74) is 2.43. The third kappa shape index (κ3) is 3.82. The molecule has 29 heavy (non-hydrogen) atoms. The van der Waals surface area contributed by atoms with Crippen molar-refractivity contribution >= 4 is 33.2 Å². The number of benzene rings is 1. The highest BCUT2D eigenvalue weighted by Gasteiger charge is 2.30. The Labute approximate surface area is 175 Å². The molecule has 8 nitrogen and oxygen atoms in total. The quantitative estimate of drug-likeness (QED) is 0.627. The smallest absolute Gasteiger partial charge is 0.230 e. The van der Waals surface area contributed by atoms with Crippen LogP contribution in [-0.2, 0) is 10.0 Å². The van der Waals surface area contributed by atoms with Crippen LogP contribution >= 0.6 is 11.6 Å². The van der Waals surface area contributed by atoms with Crippen LogP contribution in [0.1, 0.15) is 19.7 Å². The van der Waals surface area contributed by atoms with Gasteiger partial charge < -0.3 is 4.90 Å². The van der Waals surface area contributed by atoms with E-state index in [9.17, 15) is 8.42 Å². The summed E-state index contributed by atoms with van der Waals surface area (Å²) in [5, 5.41) is 4.95. The first-order chi connectivity index (χ1) is 13.8. The van der Waals surface area contributed by atoms with Crippen molar-refractivity contribution in [3.63, 3.8) is 0 Å². The fourth-order valence-electron chi connectivity index (χ4n) is 3.39. The van der Waals surface area contributed by atoms with E-state index in [-0.39, 0.29) is 0 Å². The Morgan fingerprint density at radius 3 is 2.31 bits per heavy atom. The molecule has 154 valence electrons. The second kappa shape index (κ2) is 7.55. The number of anilines is 1. The summed E-state index contributed by atoms with van der Waals surface area (Å²) in [6.45, 7) is 7.22. The van der Waals surface area contributed by atoms with E-state index in [0.29, 0.717) is 48.6 Å². The molecule has 0 radical (unpaired) electrons. The summed E-state index contributed by atoms with van der Waals surface area (Å²) >= 11 is 5.99. The Balaban J connectivity index is 1.65. The van der Waals surface area contributed by atoms with E-state index in [1.165, 1.54) is 0 Å². The molecular formula is C19H23ClN6O2S. The van der Waals surface area contributed by atoms with E-state index in [1.54, 1.807) is 22.7 Å². The number of piperazine rings is 1. The van der Waals surface area contributed by atoms with E-state index in [4.69, 9.17) is 16.7 Å². The lowest BCUT2D eigenvalue weighted by atomic mass is 10.2. The van der Waals surface area contributed by atoms with Crippen LogP contribution in [0, 0.1) is 6.92 Å². The lowest BCUT2D eigenvalue weighted by molar-refractivity contribution is 0.377. The topological polar surface area (TPSA) is 83.7 Å². The second-order valence-electron chi connectivity index (χ2n) is 7.36. The molecule has 1 fully saturated rings.